The Morgan fingerprint density at radius 3 is 2.58 bits per heavy atom. The number of carbonyl (C=O) groups is 2. The Hall–Kier alpha value is -1.88. The van der Waals surface area contributed by atoms with Crippen molar-refractivity contribution < 1.29 is 9.59 Å². The molecule has 2 fully saturated rings. The molecular formula is C21H31N3O2. The van der Waals surface area contributed by atoms with Crippen LogP contribution in [0.1, 0.15) is 37.7 Å². The molecule has 142 valence electrons. The number of rotatable bonds is 7. The van der Waals surface area contributed by atoms with Crippen LogP contribution in [0.5, 0.6) is 0 Å². The number of hydrogen-bond acceptors (Lipinski definition) is 3. The Labute approximate surface area is 156 Å². The minimum atomic E-state index is 0.0201. The topological polar surface area (TPSA) is 52.7 Å². The second kappa shape index (κ2) is 9.17. The van der Waals surface area contributed by atoms with Crippen LogP contribution in [0.4, 0.5) is 0 Å². The Morgan fingerprint density at radius 1 is 1.19 bits per heavy atom. The van der Waals surface area contributed by atoms with Gasteiger partial charge in [-0.25, -0.2) is 0 Å². The maximum Gasteiger partial charge on any atom is 0.224 e. The van der Waals surface area contributed by atoms with Gasteiger partial charge in [0.1, 0.15) is 0 Å². The van der Waals surface area contributed by atoms with Crippen molar-refractivity contribution >= 4 is 11.8 Å². The van der Waals surface area contributed by atoms with Gasteiger partial charge < -0.3 is 15.1 Å². The highest BCUT2D eigenvalue weighted by Gasteiger charge is 2.27. The van der Waals surface area contributed by atoms with Gasteiger partial charge in [-0.2, -0.15) is 0 Å². The number of amides is 2. The summed E-state index contributed by atoms with van der Waals surface area (Å²) in [6.45, 7) is 3.84. The third-order valence-electron chi connectivity index (χ3n) is 5.69. The van der Waals surface area contributed by atoms with Crippen LogP contribution >= 0.6 is 0 Å². The van der Waals surface area contributed by atoms with Gasteiger partial charge in [-0.15, -0.1) is 0 Å². The molecule has 2 aliphatic heterocycles. The van der Waals surface area contributed by atoms with Crippen molar-refractivity contribution in [2.45, 2.75) is 44.6 Å². The van der Waals surface area contributed by atoms with Gasteiger partial charge in [0.25, 0.3) is 0 Å². The van der Waals surface area contributed by atoms with Crippen molar-refractivity contribution in [2.75, 3.05) is 33.2 Å². The zero-order chi connectivity index (χ0) is 18.4. The average molecular weight is 357 g/mol. The van der Waals surface area contributed by atoms with Gasteiger partial charge in [0, 0.05) is 32.0 Å². The van der Waals surface area contributed by atoms with Crippen molar-refractivity contribution in [3.63, 3.8) is 0 Å². The minimum Gasteiger partial charge on any atom is -0.353 e. The normalized spacial score (nSPS) is 21.6. The van der Waals surface area contributed by atoms with Gasteiger partial charge in [0.2, 0.25) is 11.8 Å². The molecule has 0 aliphatic carbocycles. The van der Waals surface area contributed by atoms with E-state index in [1.54, 1.807) is 0 Å². The van der Waals surface area contributed by atoms with Crippen LogP contribution in [0.3, 0.4) is 0 Å². The van der Waals surface area contributed by atoms with E-state index in [-0.39, 0.29) is 17.9 Å². The van der Waals surface area contributed by atoms with Crippen molar-refractivity contribution in [2.24, 2.45) is 5.92 Å². The van der Waals surface area contributed by atoms with Gasteiger partial charge >= 0.3 is 0 Å². The summed E-state index contributed by atoms with van der Waals surface area (Å²) in [4.78, 5) is 28.8. The predicted octanol–water partition coefficient (Wildman–Crippen LogP) is 2.07. The molecule has 0 bridgehead atoms. The van der Waals surface area contributed by atoms with E-state index >= 15 is 0 Å². The van der Waals surface area contributed by atoms with Gasteiger partial charge in [-0.05, 0) is 57.3 Å². The lowest BCUT2D eigenvalue weighted by Gasteiger charge is -2.33. The van der Waals surface area contributed by atoms with Gasteiger partial charge in [-0.1, -0.05) is 30.3 Å². The molecule has 2 heterocycles. The van der Waals surface area contributed by atoms with Gasteiger partial charge in [0.05, 0.1) is 0 Å². The van der Waals surface area contributed by atoms with Crippen LogP contribution in [0.2, 0.25) is 0 Å². The molecule has 5 nitrogen and oxygen atoms in total. The number of carbonyl (C=O) groups excluding carboxylic acids is 2. The van der Waals surface area contributed by atoms with Crippen molar-refractivity contribution in [1.82, 2.24) is 15.1 Å². The van der Waals surface area contributed by atoms with Crippen LogP contribution in [-0.2, 0) is 16.0 Å². The minimum absolute atomic E-state index is 0.0201. The van der Waals surface area contributed by atoms with Crippen LogP contribution in [-0.4, -0.2) is 60.9 Å². The first-order chi connectivity index (χ1) is 12.6. The number of nitrogens with zero attached hydrogens (tertiary/aromatic N) is 2. The third-order valence-corrected chi connectivity index (χ3v) is 5.69. The molecule has 2 aliphatic rings. The van der Waals surface area contributed by atoms with Crippen molar-refractivity contribution in [3.8, 4) is 0 Å². The first-order valence-electron chi connectivity index (χ1n) is 9.90. The fourth-order valence-electron chi connectivity index (χ4n) is 3.95. The first kappa shape index (κ1) is 18.9. The van der Waals surface area contributed by atoms with Crippen LogP contribution in [0, 0.1) is 5.92 Å². The second-order valence-electron chi connectivity index (χ2n) is 7.83. The van der Waals surface area contributed by atoms with Crippen molar-refractivity contribution in [3.05, 3.63) is 35.9 Å². The largest absolute Gasteiger partial charge is 0.353 e. The average Bonchev–Trinajstić information content (AvgIpc) is 3.05. The third kappa shape index (κ3) is 5.56. The summed E-state index contributed by atoms with van der Waals surface area (Å²) >= 11 is 0. The molecule has 3 rings (SSSR count). The molecule has 2 saturated heterocycles. The van der Waals surface area contributed by atoms with Crippen LogP contribution in [0.15, 0.2) is 30.3 Å². The zero-order valence-electron chi connectivity index (χ0n) is 15.8. The standard InChI is InChI=1S/C21H31N3O2/c1-23-12-9-18(10-13-23)16-24(14-11-17-5-3-2-4-6-17)21(26)15-19-7-8-20(25)22-19/h2-6,18-19H,7-16H2,1H3,(H,22,25). The zero-order valence-corrected chi connectivity index (χ0v) is 15.8. The first-order valence-corrected chi connectivity index (χ1v) is 9.90. The highest BCUT2D eigenvalue weighted by atomic mass is 16.2. The summed E-state index contributed by atoms with van der Waals surface area (Å²) in [7, 11) is 2.16. The van der Waals surface area contributed by atoms with E-state index in [0.29, 0.717) is 18.8 Å². The second-order valence-corrected chi connectivity index (χ2v) is 7.83. The molecule has 1 atom stereocenters. The molecule has 0 saturated carbocycles. The molecule has 26 heavy (non-hydrogen) atoms. The maximum absolute atomic E-state index is 12.9. The van der Waals surface area contributed by atoms with E-state index in [1.807, 2.05) is 23.1 Å². The summed E-state index contributed by atoms with van der Waals surface area (Å²) in [6, 6.07) is 10.4. The number of piperidine rings is 1. The lowest BCUT2D eigenvalue weighted by molar-refractivity contribution is -0.132. The van der Waals surface area contributed by atoms with E-state index in [0.717, 1.165) is 51.9 Å². The number of nitrogens with one attached hydrogen (secondary N) is 1. The van der Waals surface area contributed by atoms with Gasteiger partial charge in [-0.3, -0.25) is 9.59 Å². The monoisotopic (exact) mass is 357 g/mol. The molecule has 0 aromatic heterocycles. The molecule has 1 aromatic rings. The Bertz CT molecular complexity index is 597. The Balaban J connectivity index is 1.58. The van der Waals surface area contributed by atoms with E-state index in [2.05, 4.69) is 29.4 Å². The number of benzene rings is 1. The highest BCUT2D eigenvalue weighted by molar-refractivity contribution is 5.82. The van der Waals surface area contributed by atoms with Crippen LogP contribution in [0.25, 0.3) is 0 Å². The lowest BCUT2D eigenvalue weighted by atomic mass is 9.96. The molecular weight excluding hydrogens is 326 g/mol. The van der Waals surface area contributed by atoms with E-state index in [4.69, 9.17) is 0 Å². The summed E-state index contributed by atoms with van der Waals surface area (Å²) < 4.78 is 0. The summed E-state index contributed by atoms with van der Waals surface area (Å²) in [5.41, 5.74) is 1.27. The van der Waals surface area contributed by atoms with E-state index < -0.39 is 0 Å². The van der Waals surface area contributed by atoms with E-state index in [1.165, 1.54) is 5.56 Å². The predicted molar refractivity (Wildman–Crippen MR) is 103 cm³/mol. The Kier molecular flexibility index (Phi) is 6.67. The molecule has 2 amide bonds. The number of likely N-dealkylation sites (tertiary alicyclic amines) is 1. The molecule has 5 heteroatoms. The smallest absolute Gasteiger partial charge is 0.224 e. The fourth-order valence-corrected chi connectivity index (χ4v) is 3.95. The van der Waals surface area contributed by atoms with Crippen molar-refractivity contribution in [1.29, 1.82) is 0 Å². The number of hydrogen-bond donors (Lipinski definition) is 1. The van der Waals surface area contributed by atoms with Crippen LogP contribution < -0.4 is 5.32 Å². The SMILES string of the molecule is CN1CCC(CN(CCc2ccccc2)C(=O)CC2CCC(=O)N2)CC1. The summed E-state index contributed by atoms with van der Waals surface area (Å²) in [6.07, 6.45) is 4.98. The van der Waals surface area contributed by atoms with Gasteiger partial charge in [0.15, 0.2) is 0 Å². The summed E-state index contributed by atoms with van der Waals surface area (Å²) in [5, 5.41) is 2.93. The Morgan fingerprint density at radius 2 is 1.92 bits per heavy atom. The molecule has 1 unspecified atom stereocenters. The fraction of sp³-hybridized carbons (Fsp3) is 0.619. The molecule has 0 radical (unpaired) electrons. The molecule has 1 N–H and O–H groups in total. The molecule has 0 spiro atoms. The van der Waals surface area contributed by atoms with E-state index in [9.17, 15) is 9.59 Å². The maximum atomic E-state index is 12.9. The quantitative estimate of drug-likeness (QED) is 0.813. The highest BCUT2D eigenvalue weighted by Crippen LogP contribution is 2.19. The summed E-state index contributed by atoms with van der Waals surface area (Å²) in [5.74, 6) is 0.852. The lowest BCUT2D eigenvalue weighted by Crippen LogP contribution is -2.42. The molecule has 1 aromatic carbocycles.